The normalized spacial score (nSPS) is 22.1. The van der Waals surface area contributed by atoms with Crippen LogP contribution in [0.3, 0.4) is 0 Å². The van der Waals surface area contributed by atoms with E-state index in [1.165, 1.54) is 12.1 Å². The van der Waals surface area contributed by atoms with Crippen LogP contribution < -0.4 is 5.73 Å². The molecule has 1 aromatic rings. The van der Waals surface area contributed by atoms with Crippen molar-refractivity contribution in [2.45, 2.75) is 18.6 Å². The molecule has 0 aliphatic carbocycles. The maximum atomic E-state index is 12.8. The predicted octanol–water partition coefficient (Wildman–Crippen LogP) is 1.23. The molecule has 1 heterocycles. The van der Waals surface area contributed by atoms with Gasteiger partial charge in [0.15, 0.2) is 0 Å². The van der Waals surface area contributed by atoms with Gasteiger partial charge in [0.25, 0.3) is 0 Å². The van der Waals surface area contributed by atoms with Crippen LogP contribution in [0.4, 0.5) is 8.78 Å². The average Bonchev–Trinajstić information content (AvgIpc) is 2.82. The second-order valence-electron chi connectivity index (χ2n) is 3.52. The Bertz CT molecular complexity index is 319. The molecule has 2 rings (SSSR count). The molecule has 2 atom stereocenters. The molecule has 1 unspecified atom stereocenters. The van der Waals surface area contributed by atoms with Gasteiger partial charge in [0, 0.05) is 12.1 Å². The Hall–Kier alpha value is -1.00. The Morgan fingerprint density at radius 2 is 1.93 bits per heavy atom. The molecular weight excluding hydrogens is 188 g/mol. The number of halogens is 2. The summed E-state index contributed by atoms with van der Waals surface area (Å²) in [4.78, 5) is 0. The van der Waals surface area contributed by atoms with Crippen LogP contribution in [0.15, 0.2) is 18.2 Å². The smallest absolute Gasteiger partial charge is 0.126 e. The molecule has 0 amide bonds. The zero-order valence-electron chi connectivity index (χ0n) is 7.54. The Balaban J connectivity index is 2.07. The van der Waals surface area contributed by atoms with E-state index >= 15 is 0 Å². The number of nitrogens with two attached hydrogens (primary N) is 1. The summed E-state index contributed by atoms with van der Waals surface area (Å²) in [7, 11) is 0. The summed E-state index contributed by atoms with van der Waals surface area (Å²) in [6.07, 6.45) is 0.501. The number of epoxide rings is 1. The topological polar surface area (TPSA) is 38.5 Å². The second-order valence-corrected chi connectivity index (χ2v) is 3.52. The number of ether oxygens (including phenoxy) is 1. The molecule has 1 fully saturated rings. The standard InChI is InChI=1S/C10H11F2NO/c11-7-1-6(2-8(12)4-7)3-9(13)10-5-14-10/h1-2,4,9-10H,3,5,13H2/t9-,10?/m1/s1. The predicted molar refractivity (Wildman–Crippen MR) is 47.8 cm³/mol. The lowest BCUT2D eigenvalue weighted by atomic mass is 10.0. The molecule has 76 valence electrons. The minimum absolute atomic E-state index is 0.0568. The van der Waals surface area contributed by atoms with E-state index in [1.54, 1.807) is 0 Å². The van der Waals surface area contributed by atoms with Crippen molar-refractivity contribution in [3.05, 3.63) is 35.4 Å². The maximum absolute atomic E-state index is 12.8. The quantitative estimate of drug-likeness (QED) is 0.743. The number of rotatable bonds is 3. The number of hydrogen-bond donors (Lipinski definition) is 1. The molecule has 0 saturated carbocycles. The van der Waals surface area contributed by atoms with E-state index in [9.17, 15) is 8.78 Å². The maximum Gasteiger partial charge on any atom is 0.126 e. The van der Waals surface area contributed by atoms with Gasteiger partial charge in [-0.3, -0.25) is 0 Å². The molecule has 0 spiro atoms. The lowest BCUT2D eigenvalue weighted by Crippen LogP contribution is -2.29. The zero-order chi connectivity index (χ0) is 10.1. The Morgan fingerprint density at radius 3 is 2.43 bits per heavy atom. The summed E-state index contributed by atoms with van der Waals surface area (Å²) in [6, 6.07) is 3.27. The van der Waals surface area contributed by atoms with Crippen LogP contribution in [0.2, 0.25) is 0 Å². The third kappa shape index (κ3) is 2.27. The summed E-state index contributed by atoms with van der Waals surface area (Å²) in [6.45, 7) is 0.652. The highest BCUT2D eigenvalue weighted by Gasteiger charge is 2.29. The van der Waals surface area contributed by atoms with Crippen LogP contribution in [-0.4, -0.2) is 18.8 Å². The molecule has 2 nitrogen and oxygen atoms in total. The molecule has 0 aromatic heterocycles. The van der Waals surface area contributed by atoms with Crippen molar-refractivity contribution in [2.75, 3.05) is 6.61 Å². The third-order valence-electron chi connectivity index (χ3n) is 2.23. The van der Waals surface area contributed by atoms with Crippen LogP contribution in [0.25, 0.3) is 0 Å². The molecule has 0 bridgehead atoms. The van der Waals surface area contributed by atoms with Crippen LogP contribution in [0.1, 0.15) is 5.56 Å². The van der Waals surface area contributed by atoms with Gasteiger partial charge in [0.1, 0.15) is 11.6 Å². The number of benzene rings is 1. The van der Waals surface area contributed by atoms with Crippen molar-refractivity contribution in [3.8, 4) is 0 Å². The highest BCUT2D eigenvalue weighted by molar-refractivity contribution is 5.19. The molecule has 0 radical (unpaired) electrons. The lowest BCUT2D eigenvalue weighted by Gasteiger charge is -2.08. The second kappa shape index (κ2) is 3.63. The summed E-state index contributed by atoms with van der Waals surface area (Å²) < 4.78 is 30.6. The zero-order valence-corrected chi connectivity index (χ0v) is 7.54. The fourth-order valence-corrected chi connectivity index (χ4v) is 1.44. The van der Waals surface area contributed by atoms with Crippen LogP contribution in [-0.2, 0) is 11.2 Å². The molecular formula is C10H11F2NO. The van der Waals surface area contributed by atoms with E-state index in [1.807, 2.05) is 0 Å². The third-order valence-corrected chi connectivity index (χ3v) is 2.23. The Labute approximate surface area is 80.7 Å². The van der Waals surface area contributed by atoms with Crippen LogP contribution in [0, 0.1) is 11.6 Å². The Kier molecular flexibility index (Phi) is 2.48. The van der Waals surface area contributed by atoms with Crippen molar-refractivity contribution in [1.82, 2.24) is 0 Å². The SMILES string of the molecule is N[C@H](Cc1cc(F)cc(F)c1)C1CO1. The van der Waals surface area contributed by atoms with Gasteiger partial charge in [-0.1, -0.05) is 0 Å². The largest absolute Gasteiger partial charge is 0.371 e. The van der Waals surface area contributed by atoms with Crippen LogP contribution >= 0.6 is 0 Å². The van der Waals surface area contributed by atoms with Crippen molar-refractivity contribution in [3.63, 3.8) is 0 Å². The minimum Gasteiger partial charge on any atom is -0.371 e. The highest BCUT2D eigenvalue weighted by atomic mass is 19.1. The van der Waals surface area contributed by atoms with Crippen molar-refractivity contribution in [1.29, 1.82) is 0 Å². The molecule has 2 N–H and O–H groups in total. The average molecular weight is 199 g/mol. The first kappa shape index (κ1) is 9.55. The van der Waals surface area contributed by atoms with E-state index in [-0.39, 0.29) is 12.1 Å². The van der Waals surface area contributed by atoms with E-state index in [0.29, 0.717) is 18.6 Å². The Morgan fingerprint density at radius 1 is 1.36 bits per heavy atom. The molecule has 14 heavy (non-hydrogen) atoms. The summed E-state index contributed by atoms with van der Waals surface area (Å²) in [5.41, 5.74) is 6.32. The fraction of sp³-hybridized carbons (Fsp3) is 0.400. The molecule has 1 aliphatic heterocycles. The van der Waals surface area contributed by atoms with E-state index in [0.717, 1.165) is 6.07 Å². The van der Waals surface area contributed by atoms with Gasteiger partial charge in [0.05, 0.1) is 12.7 Å². The van der Waals surface area contributed by atoms with E-state index in [4.69, 9.17) is 10.5 Å². The van der Waals surface area contributed by atoms with E-state index < -0.39 is 11.6 Å². The molecule has 1 aliphatic rings. The van der Waals surface area contributed by atoms with Gasteiger partial charge in [-0.2, -0.15) is 0 Å². The van der Waals surface area contributed by atoms with Crippen molar-refractivity contribution < 1.29 is 13.5 Å². The van der Waals surface area contributed by atoms with E-state index in [2.05, 4.69) is 0 Å². The molecule has 1 aromatic carbocycles. The fourth-order valence-electron chi connectivity index (χ4n) is 1.44. The monoisotopic (exact) mass is 199 g/mol. The van der Waals surface area contributed by atoms with Gasteiger partial charge in [-0.15, -0.1) is 0 Å². The van der Waals surface area contributed by atoms with Gasteiger partial charge in [-0.05, 0) is 24.1 Å². The first-order chi connectivity index (χ1) is 6.65. The van der Waals surface area contributed by atoms with Gasteiger partial charge in [0.2, 0.25) is 0 Å². The first-order valence-electron chi connectivity index (χ1n) is 4.47. The first-order valence-corrected chi connectivity index (χ1v) is 4.47. The summed E-state index contributed by atoms with van der Waals surface area (Å²) >= 11 is 0. The van der Waals surface area contributed by atoms with Crippen molar-refractivity contribution in [2.24, 2.45) is 5.73 Å². The summed E-state index contributed by atoms with van der Waals surface area (Å²) in [5, 5.41) is 0. The summed E-state index contributed by atoms with van der Waals surface area (Å²) in [5.74, 6) is -1.13. The molecule has 1 saturated heterocycles. The van der Waals surface area contributed by atoms with Gasteiger partial charge >= 0.3 is 0 Å². The van der Waals surface area contributed by atoms with Gasteiger partial charge in [-0.25, -0.2) is 8.78 Å². The van der Waals surface area contributed by atoms with Crippen LogP contribution in [0.5, 0.6) is 0 Å². The molecule has 4 heteroatoms. The number of hydrogen-bond acceptors (Lipinski definition) is 2. The van der Waals surface area contributed by atoms with Crippen molar-refractivity contribution >= 4 is 0 Å². The van der Waals surface area contributed by atoms with Gasteiger partial charge < -0.3 is 10.5 Å². The highest BCUT2D eigenvalue weighted by Crippen LogP contribution is 2.17. The lowest BCUT2D eigenvalue weighted by molar-refractivity contribution is 0.371. The minimum atomic E-state index is -0.566.